The van der Waals surface area contributed by atoms with Crippen LogP contribution in [0.5, 0.6) is 0 Å². The number of nitrogens with one attached hydrogen (secondary N) is 1. The number of hydrogen-bond acceptors (Lipinski definition) is 4. The van der Waals surface area contributed by atoms with Crippen LogP contribution in [0.2, 0.25) is 5.02 Å². The third-order valence-electron chi connectivity index (χ3n) is 7.58. The van der Waals surface area contributed by atoms with Gasteiger partial charge in [0.25, 0.3) is 10.0 Å². The molecule has 4 aromatic rings. The summed E-state index contributed by atoms with van der Waals surface area (Å²) in [6.45, 7) is 5.11. The van der Waals surface area contributed by atoms with E-state index in [0.29, 0.717) is 22.5 Å². The van der Waals surface area contributed by atoms with Gasteiger partial charge in [-0.1, -0.05) is 104 Å². The second kappa shape index (κ2) is 15.7. The van der Waals surface area contributed by atoms with Crippen LogP contribution in [0.1, 0.15) is 36.1 Å². The maximum absolute atomic E-state index is 14.5. The molecule has 2 amide bonds. The van der Waals surface area contributed by atoms with Crippen molar-refractivity contribution in [1.82, 2.24) is 10.2 Å². The van der Waals surface area contributed by atoms with Crippen molar-refractivity contribution in [2.75, 3.05) is 17.4 Å². The monoisotopic (exact) mass is 699 g/mol. The normalized spacial score (nSPS) is 12.4. The van der Waals surface area contributed by atoms with Crippen LogP contribution in [0.3, 0.4) is 0 Å². The first kappa shape index (κ1) is 36.5. The average molecular weight is 700 g/mol. The molecular formula is C36H37ClF3N3O4S. The molecule has 0 fully saturated rings. The van der Waals surface area contributed by atoms with Crippen LogP contribution in [-0.4, -0.2) is 44.3 Å². The van der Waals surface area contributed by atoms with Gasteiger partial charge in [-0.25, -0.2) is 8.42 Å². The van der Waals surface area contributed by atoms with Crippen molar-refractivity contribution in [2.45, 2.75) is 50.9 Å². The molecule has 48 heavy (non-hydrogen) atoms. The Morgan fingerprint density at radius 2 is 1.46 bits per heavy atom. The van der Waals surface area contributed by atoms with Gasteiger partial charge >= 0.3 is 6.18 Å². The summed E-state index contributed by atoms with van der Waals surface area (Å²) in [6, 6.07) is 25.0. The molecular weight excluding hydrogens is 663 g/mol. The Kier molecular flexibility index (Phi) is 11.9. The fraction of sp³-hybridized carbons (Fsp3) is 0.278. The van der Waals surface area contributed by atoms with Crippen molar-refractivity contribution in [3.8, 4) is 0 Å². The van der Waals surface area contributed by atoms with E-state index in [1.807, 2.05) is 51.1 Å². The molecule has 7 nitrogen and oxygen atoms in total. The Labute approximate surface area is 284 Å². The van der Waals surface area contributed by atoms with Gasteiger partial charge in [0, 0.05) is 19.5 Å². The van der Waals surface area contributed by atoms with Crippen molar-refractivity contribution >= 4 is 39.1 Å². The first-order valence-electron chi connectivity index (χ1n) is 15.3. The lowest BCUT2D eigenvalue weighted by molar-refractivity contribution is -0.140. The van der Waals surface area contributed by atoms with Crippen molar-refractivity contribution in [3.05, 3.63) is 130 Å². The zero-order valence-electron chi connectivity index (χ0n) is 26.7. The largest absolute Gasteiger partial charge is 0.417 e. The number of rotatable bonds is 13. The van der Waals surface area contributed by atoms with E-state index in [2.05, 4.69) is 5.32 Å². The highest BCUT2D eigenvalue weighted by atomic mass is 35.5. The summed E-state index contributed by atoms with van der Waals surface area (Å²) >= 11 is 5.87. The molecule has 0 aliphatic carbocycles. The zero-order chi connectivity index (χ0) is 35.1. The summed E-state index contributed by atoms with van der Waals surface area (Å²) in [6.07, 6.45) is -4.79. The van der Waals surface area contributed by atoms with E-state index in [0.717, 1.165) is 23.3 Å². The Bertz CT molecular complexity index is 1800. The molecule has 254 valence electrons. The molecule has 0 saturated heterocycles. The van der Waals surface area contributed by atoms with Crippen LogP contribution in [0.15, 0.2) is 108 Å². The Hall–Kier alpha value is -4.35. The van der Waals surface area contributed by atoms with E-state index in [-0.39, 0.29) is 23.8 Å². The highest BCUT2D eigenvalue weighted by Crippen LogP contribution is 2.38. The third-order valence-corrected chi connectivity index (χ3v) is 9.70. The summed E-state index contributed by atoms with van der Waals surface area (Å²) in [4.78, 5) is 29.4. The van der Waals surface area contributed by atoms with Gasteiger partial charge in [-0.05, 0) is 54.3 Å². The minimum atomic E-state index is -4.90. The number of alkyl halides is 3. The van der Waals surface area contributed by atoms with Crippen LogP contribution in [0, 0.1) is 12.8 Å². The maximum Gasteiger partial charge on any atom is 0.417 e. The first-order valence-corrected chi connectivity index (χ1v) is 17.1. The van der Waals surface area contributed by atoms with Gasteiger partial charge in [-0.15, -0.1) is 0 Å². The molecule has 12 heteroatoms. The number of hydrogen-bond donors (Lipinski definition) is 1. The van der Waals surface area contributed by atoms with Gasteiger partial charge in [0.15, 0.2) is 0 Å². The second-order valence-corrected chi connectivity index (χ2v) is 14.1. The average Bonchev–Trinajstić information content (AvgIpc) is 3.05. The highest BCUT2D eigenvalue weighted by molar-refractivity contribution is 7.92. The molecule has 0 aromatic heterocycles. The molecule has 0 saturated carbocycles. The van der Waals surface area contributed by atoms with Gasteiger partial charge in [0.2, 0.25) is 11.8 Å². The smallest absolute Gasteiger partial charge is 0.354 e. The summed E-state index contributed by atoms with van der Waals surface area (Å²) in [5.74, 6) is -1.14. The highest BCUT2D eigenvalue weighted by Gasteiger charge is 2.37. The van der Waals surface area contributed by atoms with Crippen molar-refractivity contribution < 1.29 is 31.2 Å². The lowest BCUT2D eigenvalue weighted by Gasteiger charge is -2.34. The number of halogens is 4. The molecule has 4 aromatic carbocycles. The number of anilines is 1. The number of benzene rings is 4. The lowest BCUT2D eigenvalue weighted by atomic mass is 10.0. The van der Waals surface area contributed by atoms with Crippen molar-refractivity contribution in [2.24, 2.45) is 5.92 Å². The Balaban J connectivity index is 1.85. The Morgan fingerprint density at radius 1 is 0.854 bits per heavy atom. The quantitative estimate of drug-likeness (QED) is 0.159. The molecule has 0 aliphatic rings. The van der Waals surface area contributed by atoms with E-state index < -0.39 is 56.9 Å². The molecule has 0 spiro atoms. The van der Waals surface area contributed by atoms with Crippen LogP contribution < -0.4 is 9.62 Å². The van der Waals surface area contributed by atoms with Gasteiger partial charge in [0.05, 0.1) is 21.2 Å². The predicted octanol–water partition coefficient (Wildman–Crippen LogP) is 7.27. The molecule has 0 radical (unpaired) electrons. The van der Waals surface area contributed by atoms with Gasteiger partial charge in [-0.2, -0.15) is 13.2 Å². The summed E-state index contributed by atoms with van der Waals surface area (Å²) in [5, 5.41) is 2.28. The fourth-order valence-electron chi connectivity index (χ4n) is 5.00. The van der Waals surface area contributed by atoms with E-state index in [1.165, 1.54) is 29.2 Å². The summed E-state index contributed by atoms with van der Waals surface area (Å²) < 4.78 is 70.6. The molecule has 0 unspecified atom stereocenters. The molecule has 1 atom stereocenters. The molecule has 1 N–H and O–H groups in total. The van der Waals surface area contributed by atoms with E-state index in [1.54, 1.807) is 30.3 Å². The van der Waals surface area contributed by atoms with Crippen LogP contribution >= 0.6 is 11.6 Å². The van der Waals surface area contributed by atoms with Gasteiger partial charge in [0.1, 0.15) is 12.6 Å². The Morgan fingerprint density at radius 3 is 2.04 bits per heavy atom. The molecule has 0 bridgehead atoms. The zero-order valence-corrected chi connectivity index (χ0v) is 28.3. The lowest BCUT2D eigenvalue weighted by Crippen LogP contribution is -2.53. The summed E-state index contributed by atoms with van der Waals surface area (Å²) in [7, 11) is -4.59. The standard InChI is InChI=1S/C36H37ClF3N3O4S/c1-25(2)22-41-35(45)33(20-27-10-6-4-7-11-27)42(23-28-16-14-26(3)15-17-28)34(44)24-43(48(46,47)30-12-8-5-9-13-30)29-18-19-32(37)31(21-29)36(38,39)40/h4-19,21,25,33H,20,22-24H2,1-3H3,(H,41,45)/t33-/m1/s1. The third kappa shape index (κ3) is 9.38. The van der Waals surface area contributed by atoms with Gasteiger partial charge < -0.3 is 10.2 Å². The second-order valence-electron chi connectivity index (χ2n) is 11.8. The maximum atomic E-state index is 14.5. The minimum Gasteiger partial charge on any atom is -0.354 e. The van der Waals surface area contributed by atoms with Crippen molar-refractivity contribution in [3.63, 3.8) is 0 Å². The minimum absolute atomic E-state index is 0.0701. The number of amides is 2. The SMILES string of the molecule is Cc1ccc(CN(C(=O)CN(c2ccc(Cl)c(C(F)(F)F)c2)S(=O)(=O)c2ccccc2)[C@H](Cc2ccccc2)C(=O)NCC(C)C)cc1. The van der Waals surface area contributed by atoms with E-state index in [4.69, 9.17) is 11.6 Å². The number of sulfonamides is 1. The number of carbonyl (C=O) groups is 2. The number of aryl methyl sites for hydroxylation is 1. The van der Waals surface area contributed by atoms with Gasteiger partial charge in [-0.3, -0.25) is 13.9 Å². The molecule has 0 heterocycles. The van der Waals surface area contributed by atoms with E-state index in [9.17, 15) is 31.2 Å². The van der Waals surface area contributed by atoms with Crippen LogP contribution in [0.4, 0.5) is 18.9 Å². The topological polar surface area (TPSA) is 86.8 Å². The number of carbonyl (C=O) groups excluding carboxylic acids is 2. The molecule has 4 rings (SSSR count). The van der Waals surface area contributed by atoms with Crippen LogP contribution in [-0.2, 0) is 38.8 Å². The number of nitrogens with zero attached hydrogens (tertiary/aromatic N) is 2. The fourth-order valence-corrected chi connectivity index (χ4v) is 6.65. The first-order chi connectivity index (χ1) is 22.7. The van der Waals surface area contributed by atoms with Crippen LogP contribution in [0.25, 0.3) is 0 Å². The van der Waals surface area contributed by atoms with Crippen molar-refractivity contribution in [1.29, 1.82) is 0 Å². The molecule has 0 aliphatic heterocycles. The summed E-state index contributed by atoms with van der Waals surface area (Å²) in [5.41, 5.74) is 0.727. The van der Waals surface area contributed by atoms with E-state index >= 15 is 0 Å². The predicted molar refractivity (Wildman–Crippen MR) is 181 cm³/mol.